The van der Waals surface area contributed by atoms with Gasteiger partial charge in [0.15, 0.2) is 0 Å². The van der Waals surface area contributed by atoms with Gasteiger partial charge in [0.05, 0.1) is 18.1 Å². The molecule has 2 aliphatic carbocycles. The van der Waals surface area contributed by atoms with Gasteiger partial charge in [-0.1, -0.05) is 12.1 Å². The van der Waals surface area contributed by atoms with Crippen molar-refractivity contribution in [1.29, 1.82) is 0 Å². The number of rotatable bonds is 5. The van der Waals surface area contributed by atoms with E-state index in [0.717, 1.165) is 42.5 Å². The van der Waals surface area contributed by atoms with E-state index in [-0.39, 0.29) is 24.5 Å². The Balaban J connectivity index is 0.000000410. The Kier molecular flexibility index (Phi) is 6.40. The molecule has 0 spiro atoms. The Morgan fingerprint density at radius 1 is 1.23 bits per heavy atom. The van der Waals surface area contributed by atoms with Crippen LogP contribution in [-0.2, 0) is 23.7 Å². The van der Waals surface area contributed by atoms with Crippen LogP contribution in [0, 0.1) is 0 Å². The van der Waals surface area contributed by atoms with Crippen molar-refractivity contribution in [2.45, 2.75) is 62.0 Å². The van der Waals surface area contributed by atoms with Gasteiger partial charge in [-0.2, -0.15) is 0 Å². The number of benzene rings is 1. The molecule has 0 amide bonds. The number of nitrogens with one attached hydrogen (secondary N) is 1. The monoisotopic (exact) mass is 538 g/mol. The molecule has 3 aromatic heterocycles. The molecular weight excluding hydrogens is 506 g/mol. The van der Waals surface area contributed by atoms with E-state index < -0.39 is 11.3 Å². The predicted molar refractivity (Wildman–Crippen MR) is 141 cm³/mol. The van der Waals surface area contributed by atoms with Gasteiger partial charge in [0.2, 0.25) is 0 Å². The highest BCUT2D eigenvalue weighted by molar-refractivity contribution is 5.84. The normalized spacial score (nSPS) is 21.4. The number of aliphatic hydroxyl groups excluding tert-OH is 1. The second-order valence-corrected chi connectivity index (χ2v) is 10.9. The zero-order chi connectivity index (χ0) is 27.4. The maximum absolute atomic E-state index is 14.2. The van der Waals surface area contributed by atoms with Crippen molar-refractivity contribution in [2.24, 2.45) is 12.8 Å². The van der Waals surface area contributed by atoms with E-state index in [0.29, 0.717) is 41.7 Å². The van der Waals surface area contributed by atoms with Crippen LogP contribution in [0.2, 0.25) is 0 Å². The average Bonchev–Trinajstić information content (AvgIpc) is 3.24. The molecule has 4 aromatic rings. The molecule has 4 N–H and O–H groups in total. The molecule has 206 valence electrons. The standard InChI is InChI=1S/C24H24F2N6O.C4H8O2/c1-31-13-28-30-22(31)23(11-24(25,26)12-23)15-3-2-4-17(7-15)32-10-19(14-5-6-14)18-8-16(9-27)29-20(18)21(32)33;5-4-1-2-6-3-4/h2-4,7-8,10,13-14,29H,5-6,9,11-12,27H2,1H3;4-5H,1-3H2. The minimum Gasteiger partial charge on any atom is -0.391 e. The van der Waals surface area contributed by atoms with Crippen molar-refractivity contribution in [3.05, 3.63) is 75.9 Å². The van der Waals surface area contributed by atoms with Crippen molar-refractivity contribution < 1.29 is 18.6 Å². The number of nitrogens with two attached hydrogens (primary N) is 1. The van der Waals surface area contributed by atoms with Gasteiger partial charge in [-0.3, -0.25) is 9.36 Å². The van der Waals surface area contributed by atoms with Crippen LogP contribution >= 0.6 is 0 Å². The van der Waals surface area contributed by atoms with Crippen LogP contribution in [-0.4, -0.2) is 54.7 Å². The maximum Gasteiger partial charge on any atom is 0.279 e. The van der Waals surface area contributed by atoms with Crippen LogP contribution in [0.15, 0.2) is 47.7 Å². The summed E-state index contributed by atoms with van der Waals surface area (Å²) < 4.78 is 36.4. The predicted octanol–water partition coefficient (Wildman–Crippen LogP) is 3.27. The van der Waals surface area contributed by atoms with E-state index in [4.69, 9.17) is 15.6 Å². The maximum atomic E-state index is 14.2. The summed E-state index contributed by atoms with van der Waals surface area (Å²) in [6.07, 6.45) is 5.56. The number of hydrogen-bond acceptors (Lipinski definition) is 6. The molecule has 1 aromatic carbocycles. The van der Waals surface area contributed by atoms with Crippen LogP contribution in [0.5, 0.6) is 0 Å². The van der Waals surface area contributed by atoms with Crippen LogP contribution in [0.3, 0.4) is 0 Å². The number of aromatic amines is 1. The molecule has 0 bridgehead atoms. The molecule has 1 aliphatic heterocycles. The Labute approximate surface area is 223 Å². The lowest BCUT2D eigenvalue weighted by Crippen LogP contribution is -2.51. The van der Waals surface area contributed by atoms with Gasteiger partial charge in [0, 0.05) is 56.0 Å². The van der Waals surface area contributed by atoms with Gasteiger partial charge in [0.25, 0.3) is 11.5 Å². The minimum absolute atomic E-state index is 0.176. The van der Waals surface area contributed by atoms with Gasteiger partial charge in [-0.15, -0.1) is 10.2 Å². The summed E-state index contributed by atoms with van der Waals surface area (Å²) >= 11 is 0. The molecule has 9 nitrogen and oxygen atoms in total. The number of nitrogens with zero attached hydrogens (tertiary/aromatic N) is 4. The molecule has 11 heteroatoms. The van der Waals surface area contributed by atoms with Crippen molar-refractivity contribution in [3.8, 4) is 5.69 Å². The molecule has 3 aliphatic rings. The zero-order valence-corrected chi connectivity index (χ0v) is 21.7. The number of alkyl halides is 2. The fourth-order valence-corrected chi connectivity index (χ4v) is 5.83. The van der Waals surface area contributed by atoms with E-state index in [1.165, 1.54) is 6.33 Å². The van der Waals surface area contributed by atoms with Gasteiger partial charge >= 0.3 is 0 Å². The Morgan fingerprint density at radius 2 is 2.03 bits per heavy atom. The average molecular weight is 539 g/mol. The lowest BCUT2D eigenvalue weighted by Gasteiger charge is -2.46. The summed E-state index contributed by atoms with van der Waals surface area (Å²) in [4.78, 5) is 16.6. The Morgan fingerprint density at radius 3 is 2.59 bits per heavy atom. The molecule has 2 saturated carbocycles. The lowest BCUT2D eigenvalue weighted by atomic mass is 9.61. The number of ether oxygens (including phenoxy) is 1. The summed E-state index contributed by atoms with van der Waals surface area (Å²) in [7, 11) is 1.76. The lowest BCUT2D eigenvalue weighted by molar-refractivity contribution is -0.116. The number of aryl methyl sites for hydroxylation is 1. The molecular formula is C28H32F2N6O3. The van der Waals surface area contributed by atoms with Crippen molar-refractivity contribution >= 4 is 10.9 Å². The van der Waals surface area contributed by atoms with E-state index >= 15 is 0 Å². The van der Waals surface area contributed by atoms with Crippen LogP contribution in [0.1, 0.15) is 60.7 Å². The molecule has 4 heterocycles. The topological polar surface area (TPSA) is 124 Å². The highest BCUT2D eigenvalue weighted by Crippen LogP contribution is 2.56. The smallest absolute Gasteiger partial charge is 0.279 e. The third-order valence-corrected chi connectivity index (χ3v) is 7.97. The summed E-state index contributed by atoms with van der Waals surface area (Å²) in [6, 6.07) is 9.28. The van der Waals surface area contributed by atoms with Gasteiger partial charge in [0.1, 0.15) is 17.7 Å². The van der Waals surface area contributed by atoms with E-state index in [2.05, 4.69) is 15.2 Å². The van der Waals surface area contributed by atoms with Crippen molar-refractivity contribution in [2.75, 3.05) is 13.2 Å². The number of aliphatic hydroxyl groups is 1. The molecule has 7 rings (SSSR count). The van der Waals surface area contributed by atoms with Crippen molar-refractivity contribution in [1.82, 2.24) is 24.3 Å². The molecule has 3 fully saturated rings. The van der Waals surface area contributed by atoms with Gasteiger partial charge in [-0.25, -0.2) is 8.78 Å². The molecule has 1 saturated heterocycles. The minimum atomic E-state index is -2.76. The second kappa shape index (κ2) is 9.65. The van der Waals surface area contributed by atoms with Crippen LogP contribution in [0.4, 0.5) is 8.78 Å². The Bertz CT molecular complexity index is 1560. The molecule has 1 atom stereocenters. The van der Waals surface area contributed by atoms with E-state index in [1.807, 2.05) is 36.5 Å². The first-order chi connectivity index (χ1) is 18.7. The van der Waals surface area contributed by atoms with E-state index in [9.17, 15) is 13.6 Å². The van der Waals surface area contributed by atoms with Crippen LogP contribution in [0.25, 0.3) is 16.6 Å². The first kappa shape index (κ1) is 25.8. The number of halogens is 2. The number of hydrogen-bond donors (Lipinski definition) is 3. The SMILES string of the molecule is Cn1cnnc1C1(c2cccc(-n3cc(C4CC4)c4cc(CN)[nH]c4c3=O)c2)CC(F)(F)C1.OC1CCOC1. The zero-order valence-electron chi connectivity index (χ0n) is 21.7. The highest BCUT2D eigenvalue weighted by Gasteiger charge is 2.60. The number of H-pyrrole nitrogens is 1. The van der Waals surface area contributed by atoms with Crippen molar-refractivity contribution in [3.63, 3.8) is 0 Å². The quantitative estimate of drug-likeness (QED) is 0.358. The summed E-state index contributed by atoms with van der Waals surface area (Å²) in [5.41, 5.74) is 8.49. The molecule has 39 heavy (non-hydrogen) atoms. The van der Waals surface area contributed by atoms with Gasteiger partial charge in [-0.05, 0) is 54.5 Å². The number of pyridine rings is 1. The third-order valence-electron chi connectivity index (χ3n) is 7.97. The second-order valence-electron chi connectivity index (χ2n) is 10.9. The molecule has 0 radical (unpaired) electrons. The molecule has 1 unspecified atom stereocenters. The van der Waals surface area contributed by atoms with E-state index in [1.54, 1.807) is 16.2 Å². The first-order valence-corrected chi connectivity index (χ1v) is 13.3. The number of fused-ring (bicyclic) bond motifs is 1. The summed E-state index contributed by atoms with van der Waals surface area (Å²) in [6.45, 7) is 1.60. The fraction of sp³-hybridized carbons (Fsp3) is 0.464. The fourth-order valence-electron chi connectivity index (χ4n) is 5.83. The Hall–Kier alpha value is -3.41. The van der Waals surface area contributed by atoms with Gasteiger partial charge < -0.3 is 25.1 Å². The number of aromatic nitrogens is 5. The largest absolute Gasteiger partial charge is 0.391 e. The highest BCUT2D eigenvalue weighted by atomic mass is 19.3. The van der Waals surface area contributed by atoms with Crippen LogP contribution < -0.4 is 11.3 Å². The summed E-state index contributed by atoms with van der Waals surface area (Å²) in [5, 5.41) is 17.6. The third kappa shape index (κ3) is 4.68. The first-order valence-electron chi connectivity index (χ1n) is 13.3. The summed E-state index contributed by atoms with van der Waals surface area (Å²) in [5.74, 6) is -1.84.